The van der Waals surface area contributed by atoms with Crippen LogP contribution in [0, 0.1) is 35.1 Å². The van der Waals surface area contributed by atoms with E-state index in [9.17, 15) is 35.9 Å². The Bertz CT molecular complexity index is 4130. The van der Waals surface area contributed by atoms with Gasteiger partial charge < -0.3 is 67.1 Å². The SMILES string of the molecule is CC(C)(C)[Si](C)(C)OCCBr.CC(C)(C)[Si](C)(C)OCCOCc1c(F)cccc1Br.CC1(C)OB(c2ccc3nc(NC(=O)[C@@H]4C[C@@H]4F)cn3c2)OC1(C)C.O=C(Nc1cn2cc(-c3cccc(F)c3COCCO)ccc2n1)[C@@H]1C[C@@H]1F.OCCOCc1c(F)cccc1Br.OCc1c(F)cccc1Br. The van der Waals surface area contributed by atoms with Crippen molar-refractivity contribution in [1.82, 2.24) is 18.8 Å². The zero-order valence-electron chi connectivity index (χ0n) is 62.9. The first kappa shape index (κ1) is 90.7. The predicted molar refractivity (Wildman–Crippen MR) is 426 cm³/mol. The molecule has 107 heavy (non-hydrogen) atoms. The van der Waals surface area contributed by atoms with Crippen molar-refractivity contribution in [2.75, 3.05) is 62.2 Å². The molecule has 4 atom stereocenters. The molecule has 3 fully saturated rings. The molecule has 4 aromatic heterocycles. The Hall–Kier alpha value is -5.20. The molecule has 2 amide bonds. The lowest BCUT2D eigenvalue weighted by Gasteiger charge is -2.36. The first-order valence-electron chi connectivity index (χ1n) is 34.9. The van der Waals surface area contributed by atoms with Crippen molar-refractivity contribution in [1.29, 1.82) is 0 Å². The van der Waals surface area contributed by atoms with E-state index in [1.165, 1.54) is 24.3 Å². The summed E-state index contributed by atoms with van der Waals surface area (Å²) in [6.07, 6.45) is 5.45. The summed E-state index contributed by atoms with van der Waals surface area (Å²) in [6, 6.07) is 26.3. The van der Waals surface area contributed by atoms with Crippen LogP contribution in [0.1, 0.15) is 104 Å². The van der Waals surface area contributed by atoms with Crippen LogP contribution >= 0.6 is 63.7 Å². The molecule has 8 aromatic rings. The number of aliphatic hydroxyl groups is 3. The molecule has 1 saturated heterocycles. The number of hydrogen-bond acceptors (Lipinski definition) is 14. The molecule has 0 bridgehead atoms. The molecule has 11 rings (SSSR count). The molecule has 0 spiro atoms. The van der Waals surface area contributed by atoms with Crippen molar-refractivity contribution in [3.05, 3.63) is 181 Å². The largest absolute Gasteiger partial charge is 0.496 e. The van der Waals surface area contributed by atoms with Crippen LogP contribution in [0.4, 0.5) is 38.0 Å². The van der Waals surface area contributed by atoms with Crippen LogP contribution in [-0.4, -0.2) is 145 Å². The summed E-state index contributed by atoms with van der Waals surface area (Å²) in [5, 5.41) is 32.7. The van der Waals surface area contributed by atoms with Gasteiger partial charge in [-0.05, 0) is 154 Å². The quantitative estimate of drug-likeness (QED) is 0.0165. The molecule has 0 radical (unpaired) electrons. The van der Waals surface area contributed by atoms with Crippen LogP contribution in [0.25, 0.3) is 22.4 Å². The number of fused-ring (bicyclic) bond motifs is 2. The Morgan fingerprint density at radius 1 is 0.551 bits per heavy atom. The Labute approximate surface area is 659 Å². The van der Waals surface area contributed by atoms with Gasteiger partial charge >= 0.3 is 7.12 Å². The summed E-state index contributed by atoms with van der Waals surface area (Å²) in [6.45, 7) is 32.6. The Balaban J connectivity index is 0.000000209. The van der Waals surface area contributed by atoms with E-state index in [0.717, 1.165) is 27.4 Å². The number of aromatic nitrogens is 4. The summed E-state index contributed by atoms with van der Waals surface area (Å²) >= 11 is 13.0. The first-order chi connectivity index (χ1) is 50.2. The van der Waals surface area contributed by atoms with Crippen LogP contribution in [0.2, 0.25) is 36.3 Å². The summed E-state index contributed by atoms with van der Waals surface area (Å²) in [5.41, 5.74) is 4.48. The van der Waals surface area contributed by atoms with Crippen LogP contribution in [0.5, 0.6) is 0 Å². The van der Waals surface area contributed by atoms with Gasteiger partial charge in [-0.15, -0.1) is 0 Å². The third kappa shape index (κ3) is 26.7. The minimum atomic E-state index is -1.72. The number of carbonyl (C=O) groups is 2. The van der Waals surface area contributed by atoms with Gasteiger partial charge in [0.05, 0.1) is 102 Å². The minimum Gasteiger partial charge on any atom is -0.416 e. The van der Waals surface area contributed by atoms with Crippen LogP contribution < -0.4 is 16.1 Å². The number of nitrogens with one attached hydrogen (secondary N) is 2. The van der Waals surface area contributed by atoms with Gasteiger partial charge in [-0.25, -0.2) is 36.3 Å². The number of alkyl halides is 3. The number of pyridine rings is 2. The topological polar surface area (TPSA) is 218 Å². The first-order valence-corrected chi connectivity index (χ1v) is 44.2. The van der Waals surface area contributed by atoms with Crippen molar-refractivity contribution in [2.24, 2.45) is 11.8 Å². The monoisotopic (exact) mass is 1780 g/mol. The highest BCUT2D eigenvalue weighted by Gasteiger charge is 2.52. The van der Waals surface area contributed by atoms with Gasteiger partial charge in [0.1, 0.15) is 46.9 Å². The Kier molecular flexibility index (Phi) is 34.6. The number of aliphatic hydroxyl groups excluding tert-OH is 3. The molecule has 1 aliphatic heterocycles. The molecule has 0 unspecified atom stereocenters. The minimum absolute atomic E-state index is 0.0393. The lowest BCUT2D eigenvalue weighted by atomic mass is 9.80. The lowest BCUT2D eigenvalue weighted by molar-refractivity contribution is -0.118. The maximum absolute atomic E-state index is 14.3. The number of hydrogen-bond donors (Lipinski definition) is 5. The Morgan fingerprint density at radius 2 is 0.935 bits per heavy atom. The van der Waals surface area contributed by atoms with Crippen molar-refractivity contribution < 1.29 is 83.6 Å². The van der Waals surface area contributed by atoms with Gasteiger partial charge in [-0.1, -0.05) is 142 Å². The average molecular weight is 1790 g/mol. The highest BCUT2D eigenvalue weighted by Crippen LogP contribution is 2.40. The number of benzene rings is 4. The maximum Gasteiger partial charge on any atom is 0.496 e. The number of imidazole rings is 2. The van der Waals surface area contributed by atoms with Crippen molar-refractivity contribution in [3.63, 3.8) is 0 Å². The number of carbonyl (C=O) groups excluding carboxylic acids is 2. The van der Waals surface area contributed by atoms with Gasteiger partial charge in [-0.3, -0.25) is 9.59 Å². The molecular formula is C76H99BBr4F6N6O12Si2. The van der Waals surface area contributed by atoms with Gasteiger partial charge in [0.2, 0.25) is 11.8 Å². The molecule has 2 aliphatic carbocycles. The fraction of sp³-hybridized carbons (Fsp3) is 0.474. The van der Waals surface area contributed by atoms with Gasteiger partial charge in [-0.2, -0.15) is 0 Å². The van der Waals surface area contributed by atoms with E-state index in [1.54, 1.807) is 82.0 Å². The van der Waals surface area contributed by atoms with E-state index in [0.29, 0.717) is 84.4 Å². The molecule has 5 heterocycles. The summed E-state index contributed by atoms with van der Waals surface area (Å²) < 4.78 is 125. The van der Waals surface area contributed by atoms with E-state index < -0.39 is 59.1 Å². The third-order valence-electron chi connectivity index (χ3n) is 18.9. The second-order valence-electron chi connectivity index (χ2n) is 29.5. The summed E-state index contributed by atoms with van der Waals surface area (Å²) in [5.74, 6) is -2.37. The number of anilines is 2. The third-order valence-corrected chi connectivity index (χ3v) is 30.5. The highest BCUT2D eigenvalue weighted by atomic mass is 79.9. The fourth-order valence-electron chi connectivity index (χ4n) is 9.44. The molecule has 4 aromatic carbocycles. The molecule has 5 N–H and O–H groups in total. The van der Waals surface area contributed by atoms with Crippen molar-refractivity contribution >= 4 is 128 Å². The molecule has 3 aliphatic rings. The smallest absolute Gasteiger partial charge is 0.416 e. The molecule has 586 valence electrons. The van der Waals surface area contributed by atoms with Crippen LogP contribution in [0.15, 0.2) is 135 Å². The van der Waals surface area contributed by atoms with E-state index in [2.05, 4.69) is 152 Å². The standard InChI is InChI=1S/C20H19F2N3O3.C17H21BFN3O3.C15H24BrFO2Si.C9H10BrFO2.C8H19BrOSi.C7H6BrFO/c21-16-3-1-2-13(15(16)11-28-7-6-26)12-4-5-19-23-18(10-25(19)9-12)24-20(27)14-8-17(14)22;1-16(2)17(3,4)25-18(24-16)10-5-6-14-20-13(9-22(14)8-10)21-15(23)11-7-12(11)19;1-15(2,3)20(4,5)19-10-9-18-11-12-13(16)7-6-8-14(12)17;10-8-2-1-3-9(11)7(8)6-13-5-4-12;1-8(2,3)11(4,5)10-7-6-9;8-6-2-1-3-7(9)5(6)4-10/h1-5,9-10,14,17,26H,6-8,11H2,(H,24,27);5-6,8-9,11-12H,7H2,1-4H3,(H,21,23);6-8H,9-11H2,1-5H3;1-3,12H,4-6H2;6-7H2,1-5H3;1-3,10H,4H2/t14-,17+;11-,12+;;;;/m11..../s1. The number of amides is 2. The maximum atomic E-state index is 14.3. The van der Waals surface area contributed by atoms with E-state index in [1.807, 2.05) is 52.1 Å². The predicted octanol–water partition coefficient (Wildman–Crippen LogP) is 17.6. The number of ether oxygens (including phenoxy) is 3. The summed E-state index contributed by atoms with van der Waals surface area (Å²) in [7, 11) is -3.64. The van der Waals surface area contributed by atoms with E-state index >= 15 is 0 Å². The van der Waals surface area contributed by atoms with Crippen LogP contribution in [-0.2, 0) is 68.4 Å². The average Bonchev–Trinajstić information content (AvgIpc) is 1.61. The van der Waals surface area contributed by atoms with Gasteiger partial charge in [0, 0.05) is 60.0 Å². The zero-order valence-corrected chi connectivity index (χ0v) is 71.3. The number of nitrogens with zero attached hydrogens (tertiary/aromatic N) is 4. The normalized spacial score (nSPS) is 17.1. The molecular weight excluding hydrogens is 1690 g/mol. The van der Waals surface area contributed by atoms with Crippen molar-refractivity contribution in [2.45, 2.75) is 168 Å². The number of rotatable bonds is 24. The summed E-state index contributed by atoms with van der Waals surface area (Å²) in [4.78, 5) is 32.4. The highest BCUT2D eigenvalue weighted by molar-refractivity contribution is 9.11. The van der Waals surface area contributed by atoms with E-state index in [4.69, 9.17) is 47.7 Å². The van der Waals surface area contributed by atoms with Crippen LogP contribution in [0.3, 0.4) is 0 Å². The fourth-order valence-corrected chi connectivity index (χ4v) is 13.4. The number of halogens is 10. The van der Waals surface area contributed by atoms with E-state index in [-0.39, 0.29) is 99.4 Å². The second kappa shape index (κ2) is 40.8. The van der Waals surface area contributed by atoms with Crippen molar-refractivity contribution in [3.8, 4) is 11.1 Å². The van der Waals surface area contributed by atoms with Gasteiger partial charge in [0.15, 0.2) is 28.3 Å². The molecule has 31 heteroatoms. The lowest BCUT2D eigenvalue weighted by Crippen LogP contribution is -2.41. The Morgan fingerprint density at radius 3 is 1.33 bits per heavy atom. The molecule has 18 nitrogen and oxygen atoms in total. The second-order valence-corrected chi connectivity index (χ2v) is 42.5. The zero-order chi connectivity index (χ0) is 79.4. The van der Waals surface area contributed by atoms with Gasteiger partial charge in [0.25, 0.3) is 0 Å². The molecule has 2 saturated carbocycles.